The van der Waals surface area contributed by atoms with Crippen molar-refractivity contribution in [1.82, 2.24) is 29.8 Å². The van der Waals surface area contributed by atoms with Gasteiger partial charge < -0.3 is 10.2 Å². The summed E-state index contributed by atoms with van der Waals surface area (Å²) >= 11 is 0. The average molecular weight is 375 g/mol. The Balaban J connectivity index is 0.00000144. The molecule has 0 bridgehead atoms. The minimum Gasteiger partial charge on any atom is -0.339 e. The lowest BCUT2D eigenvalue weighted by atomic mass is 9.87. The van der Waals surface area contributed by atoms with Crippen molar-refractivity contribution in [2.75, 3.05) is 20.1 Å². The number of aromatic nitrogens is 4. The molecule has 0 radical (unpaired) electrons. The van der Waals surface area contributed by atoms with Crippen molar-refractivity contribution in [1.29, 1.82) is 0 Å². The van der Waals surface area contributed by atoms with Gasteiger partial charge in [0.05, 0.1) is 6.20 Å². The highest BCUT2D eigenvalue weighted by atomic mass is 35.5. The molecule has 2 aromatic rings. The Kier molecular flexibility index (Phi) is 7.26. The van der Waals surface area contributed by atoms with E-state index in [1.54, 1.807) is 22.0 Å². The van der Waals surface area contributed by atoms with E-state index in [1.165, 1.54) is 0 Å². The summed E-state index contributed by atoms with van der Waals surface area (Å²) in [6.07, 6.45) is 8.87. The number of amides is 1. The summed E-state index contributed by atoms with van der Waals surface area (Å²) < 4.78 is 3.58. The highest BCUT2D eigenvalue weighted by Gasteiger charge is 2.43. The van der Waals surface area contributed by atoms with Crippen LogP contribution in [0.4, 0.5) is 0 Å². The quantitative estimate of drug-likeness (QED) is 0.872. The second-order valence-electron chi connectivity index (χ2n) is 5.92. The molecule has 1 saturated heterocycles. The molecule has 134 valence electrons. The minimum atomic E-state index is -0.578. The summed E-state index contributed by atoms with van der Waals surface area (Å²) in [6, 6.07) is 1.87. The van der Waals surface area contributed by atoms with Crippen molar-refractivity contribution >= 4 is 30.7 Å². The Morgan fingerprint density at radius 1 is 1.33 bits per heavy atom. The number of nitrogens with one attached hydrogen (secondary N) is 1. The second-order valence-corrected chi connectivity index (χ2v) is 5.92. The summed E-state index contributed by atoms with van der Waals surface area (Å²) in [6.45, 7) is 2.21. The molecule has 0 unspecified atom stereocenters. The molecule has 7 nitrogen and oxygen atoms in total. The highest BCUT2D eigenvalue weighted by molar-refractivity contribution is 5.85. The highest BCUT2D eigenvalue weighted by Crippen LogP contribution is 2.29. The van der Waals surface area contributed by atoms with Crippen LogP contribution in [0.1, 0.15) is 18.4 Å². The van der Waals surface area contributed by atoms with Gasteiger partial charge in [-0.1, -0.05) is 0 Å². The lowest BCUT2D eigenvalue weighted by molar-refractivity contribution is -0.142. The number of rotatable bonds is 4. The van der Waals surface area contributed by atoms with E-state index in [1.807, 2.05) is 37.2 Å². The van der Waals surface area contributed by atoms with E-state index in [0.29, 0.717) is 6.54 Å². The van der Waals surface area contributed by atoms with E-state index in [9.17, 15) is 4.79 Å². The fourth-order valence-corrected chi connectivity index (χ4v) is 3.16. The van der Waals surface area contributed by atoms with Crippen LogP contribution in [-0.2, 0) is 23.9 Å². The summed E-state index contributed by atoms with van der Waals surface area (Å²) in [7, 11) is 3.73. The van der Waals surface area contributed by atoms with Gasteiger partial charge in [0.1, 0.15) is 5.54 Å². The second kappa shape index (κ2) is 8.50. The van der Waals surface area contributed by atoms with Crippen LogP contribution in [0, 0.1) is 0 Å². The smallest absolute Gasteiger partial charge is 0.250 e. The molecule has 0 spiro atoms. The predicted octanol–water partition coefficient (Wildman–Crippen LogP) is 1.20. The van der Waals surface area contributed by atoms with Crippen LogP contribution in [0.5, 0.6) is 0 Å². The van der Waals surface area contributed by atoms with Crippen molar-refractivity contribution in [3.05, 3.63) is 36.4 Å². The normalized spacial score (nSPS) is 15.9. The van der Waals surface area contributed by atoms with Gasteiger partial charge in [-0.2, -0.15) is 10.2 Å². The van der Waals surface area contributed by atoms with Crippen LogP contribution in [0.15, 0.2) is 30.9 Å². The molecular weight excluding hydrogens is 351 g/mol. The average Bonchev–Trinajstić information content (AvgIpc) is 3.19. The zero-order valence-corrected chi connectivity index (χ0v) is 15.5. The van der Waals surface area contributed by atoms with E-state index >= 15 is 0 Å². The largest absolute Gasteiger partial charge is 0.339 e. The number of likely N-dealkylation sites (N-methyl/N-ethyl adjacent to an activating group) is 1. The predicted molar refractivity (Wildman–Crippen MR) is 96.5 cm³/mol. The maximum absolute atomic E-state index is 13.1. The van der Waals surface area contributed by atoms with Crippen molar-refractivity contribution in [3.8, 4) is 0 Å². The summed E-state index contributed by atoms with van der Waals surface area (Å²) in [5.74, 6) is 0.113. The third kappa shape index (κ3) is 3.91. The van der Waals surface area contributed by atoms with Crippen LogP contribution in [-0.4, -0.2) is 50.5 Å². The molecule has 1 aliphatic heterocycles. The standard InChI is InChI=1S/C15H22N6O.2ClH/c1-19(11-13-10-18-20(2)12-13)14(22)15(4-7-16-8-5-15)21-9-3-6-17-21;;/h3,6,9-10,12,16H,4-5,7-8,11H2,1-2H3;2*1H. The Labute approximate surface area is 154 Å². The third-order valence-electron chi connectivity index (χ3n) is 4.30. The molecule has 1 amide bonds. The van der Waals surface area contributed by atoms with Gasteiger partial charge in [-0.15, -0.1) is 24.8 Å². The van der Waals surface area contributed by atoms with Crippen LogP contribution < -0.4 is 5.32 Å². The lowest BCUT2D eigenvalue weighted by Gasteiger charge is -2.39. The zero-order chi connectivity index (χ0) is 15.6. The molecule has 3 heterocycles. The molecule has 1 fully saturated rings. The molecule has 0 aromatic carbocycles. The van der Waals surface area contributed by atoms with Gasteiger partial charge in [-0.3, -0.25) is 14.2 Å². The Morgan fingerprint density at radius 2 is 2.04 bits per heavy atom. The number of hydrogen-bond donors (Lipinski definition) is 1. The summed E-state index contributed by atoms with van der Waals surface area (Å²) in [5, 5.41) is 11.8. The maximum Gasteiger partial charge on any atom is 0.250 e. The van der Waals surface area contributed by atoms with E-state index in [4.69, 9.17) is 0 Å². The molecule has 24 heavy (non-hydrogen) atoms. The van der Waals surface area contributed by atoms with E-state index < -0.39 is 5.54 Å². The van der Waals surface area contributed by atoms with Gasteiger partial charge in [0, 0.05) is 44.8 Å². The molecule has 0 saturated carbocycles. The first kappa shape index (κ1) is 20.5. The van der Waals surface area contributed by atoms with Crippen molar-refractivity contribution in [3.63, 3.8) is 0 Å². The number of aryl methyl sites for hydroxylation is 1. The van der Waals surface area contributed by atoms with Gasteiger partial charge >= 0.3 is 0 Å². The van der Waals surface area contributed by atoms with Crippen LogP contribution >= 0.6 is 24.8 Å². The zero-order valence-electron chi connectivity index (χ0n) is 13.9. The Bertz CT molecular complexity index is 636. The minimum absolute atomic E-state index is 0. The number of hydrogen-bond acceptors (Lipinski definition) is 4. The van der Waals surface area contributed by atoms with Gasteiger partial charge in [-0.05, 0) is 32.0 Å². The van der Waals surface area contributed by atoms with Crippen molar-refractivity contribution in [2.24, 2.45) is 7.05 Å². The van der Waals surface area contributed by atoms with Gasteiger partial charge in [0.25, 0.3) is 5.91 Å². The number of piperidine rings is 1. The third-order valence-corrected chi connectivity index (χ3v) is 4.30. The first-order valence-electron chi connectivity index (χ1n) is 7.56. The summed E-state index contributed by atoms with van der Waals surface area (Å²) in [4.78, 5) is 14.9. The fraction of sp³-hybridized carbons (Fsp3) is 0.533. The number of nitrogens with zero attached hydrogens (tertiary/aromatic N) is 5. The number of carbonyl (C=O) groups excluding carboxylic acids is 1. The van der Waals surface area contributed by atoms with Crippen LogP contribution in [0.2, 0.25) is 0 Å². The topological polar surface area (TPSA) is 68.0 Å². The Hall–Kier alpha value is -1.57. The van der Waals surface area contributed by atoms with Gasteiger partial charge in [0.2, 0.25) is 0 Å². The molecule has 9 heteroatoms. The van der Waals surface area contributed by atoms with Gasteiger partial charge in [0.15, 0.2) is 0 Å². The van der Waals surface area contributed by atoms with Crippen molar-refractivity contribution in [2.45, 2.75) is 24.9 Å². The molecule has 1 aliphatic rings. The van der Waals surface area contributed by atoms with Crippen molar-refractivity contribution < 1.29 is 4.79 Å². The van der Waals surface area contributed by atoms with E-state index in [2.05, 4.69) is 15.5 Å². The first-order valence-corrected chi connectivity index (χ1v) is 7.56. The number of halogens is 2. The monoisotopic (exact) mass is 374 g/mol. The molecular formula is C15H24Cl2N6O. The van der Waals surface area contributed by atoms with E-state index in [0.717, 1.165) is 31.5 Å². The summed E-state index contributed by atoms with van der Waals surface area (Å²) in [5.41, 5.74) is 0.453. The van der Waals surface area contributed by atoms with Crippen LogP contribution in [0.3, 0.4) is 0 Å². The van der Waals surface area contributed by atoms with Crippen LogP contribution in [0.25, 0.3) is 0 Å². The first-order chi connectivity index (χ1) is 10.6. The van der Waals surface area contributed by atoms with Gasteiger partial charge in [-0.25, -0.2) is 0 Å². The molecule has 0 aliphatic carbocycles. The Morgan fingerprint density at radius 3 is 2.58 bits per heavy atom. The molecule has 2 aromatic heterocycles. The molecule has 1 N–H and O–H groups in total. The lowest BCUT2D eigenvalue weighted by Crippen LogP contribution is -2.54. The fourth-order valence-electron chi connectivity index (χ4n) is 3.16. The molecule has 0 atom stereocenters. The number of carbonyl (C=O) groups is 1. The maximum atomic E-state index is 13.1. The SMILES string of the molecule is CN(Cc1cnn(C)c1)C(=O)C1(n2cccn2)CCNCC1.Cl.Cl. The van der Waals surface area contributed by atoms with E-state index in [-0.39, 0.29) is 30.7 Å². The molecule has 3 rings (SSSR count).